The molecule has 0 radical (unpaired) electrons. The van der Waals surface area contributed by atoms with Crippen molar-refractivity contribution >= 4 is 87.2 Å². The van der Waals surface area contributed by atoms with Crippen LogP contribution in [0.3, 0.4) is 0 Å². The smallest absolute Gasteiger partial charge is 0.235 e. The molecule has 0 N–H and O–H groups in total. The van der Waals surface area contributed by atoms with Crippen LogP contribution < -0.4 is 0 Å². The number of fused-ring (bicyclic) bond motifs is 11. The Morgan fingerprint density at radius 1 is 0.377 bits per heavy atom. The highest BCUT2D eigenvalue weighted by Gasteiger charge is 2.19. The maximum Gasteiger partial charge on any atom is 0.235 e. The van der Waals surface area contributed by atoms with Crippen LogP contribution >= 0.6 is 0 Å². The predicted molar refractivity (Wildman–Crippen MR) is 218 cm³/mol. The van der Waals surface area contributed by atoms with Gasteiger partial charge in [-0.25, -0.2) is 9.97 Å². The third-order valence-electron chi connectivity index (χ3n) is 10.9. The maximum absolute atomic E-state index is 6.32. The summed E-state index contributed by atoms with van der Waals surface area (Å²) in [5.74, 6) is 0.632. The molecule has 0 aliphatic heterocycles. The van der Waals surface area contributed by atoms with Crippen LogP contribution in [0.4, 0.5) is 0 Å². The van der Waals surface area contributed by atoms with Crippen LogP contribution in [-0.2, 0) is 0 Å². The van der Waals surface area contributed by atoms with E-state index in [0.29, 0.717) is 5.95 Å². The standard InChI is InChI=1S/C48H28N4O/c1-6-16-40-38(15-1)47(30-22-24-37-36-14-5-10-20-45(36)53-46(37)28-30)50-48(49-40)52-43-19-9-4-13-35(43)39-26-29-21-23-32(25-31(29)27-44(39)52)51-41-17-7-2-11-33(41)34-12-3-8-18-42(34)51/h1-28H. The van der Waals surface area contributed by atoms with Gasteiger partial charge in [0.2, 0.25) is 5.95 Å². The fourth-order valence-corrected chi connectivity index (χ4v) is 8.51. The van der Waals surface area contributed by atoms with Crippen molar-refractivity contribution in [1.29, 1.82) is 0 Å². The molecule has 0 aliphatic carbocycles. The molecule has 5 heteroatoms. The normalized spacial score (nSPS) is 12.2. The van der Waals surface area contributed by atoms with E-state index in [0.717, 1.165) is 71.6 Å². The first-order chi connectivity index (χ1) is 26.3. The third-order valence-corrected chi connectivity index (χ3v) is 10.9. The lowest BCUT2D eigenvalue weighted by Gasteiger charge is -2.12. The zero-order valence-electron chi connectivity index (χ0n) is 28.4. The number of furan rings is 1. The van der Waals surface area contributed by atoms with E-state index in [9.17, 15) is 0 Å². The van der Waals surface area contributed by atoms with Crippen molar-refractivity contribution in [2.75, 3.05) is 0 Å². The average Bonchev–Trinajstić information content (AvgIpc) is 3.86. The lowest BCUT2D eigenvalue weighted by Crippen LogP contribution is -2.03. The Labute approximate surface area is 302 Å². The molecular weight excluding hydrogens is 649 g/mol. The summed E-state index contributed by atoms with van der Waals surface area (Å²) in [5.41, 5.74) is 10.1. The van der Waals surface area contributed by atoms with Gasteiger partial charge >= 0.3 is 0 Å². The van der Waals surface area contributed by atoms with Gasteiger partial charge in [-0.15, -0.1) is 0 Å². The quantitative estimate of drug-likeness (QED) is 0.187. The number of hydrogen-bond acceptors (Lipinski definition) is 3. The van der Waals surface area contributed by atoms with Gasteiger partial charge in [0.05, 0.1) is 33.3 Å². The van der Waals surface area contributed by atoms with Crippen molar-refractivity contribution in [3.63, 3.8) is 0 Å². The minimum absolute atomic E-state index is 0.632. The first-order valence-corrected chi connectivity index (χ1v) is 17.9. The lowest BCUT2D eigenvalue weighted by atomic mass is 10.0. The molecule has 0 saturated carbocycles. The second-order valence-electron chi connectivity index (χ2n) is 13.8. The van der Waals surface area contributed by atoms with Crippen molar-refractivity contribution in [2.24, 2.45) is 0 Å². The summed E-state index contributed by atoms with van der Waals surface area (Å²) >= 11 is 0. The molecule has 53 heavy (non-hydrogen) atoms. The maximum atomic E-state index is 6.32. The highest BCUT2D eigenvalue weighted by molar-refractivity contribution is 6.14. The molecule has 12 aromatic rings. The van der Waals surface area contributed by atoms with Gasteiger partial charge in [0.25, 0.3) is 0 Å². The number of aromatic nitrogens is 4. The van der Waals surface area contributed by atoms with Gasteiger partial charge in [-0.1, -0.05) is 103 Å². The molecule has 4 heterocycles. The molecule has 0 fully saturated rings. The molecule has 12 rings (SSSR count). The SMILES string of the molecule is c1ccc2c(-c3ccc4c(c3)oc3ccccc34)nc(-n3c4ccccc4c4cc5ccc(-n6c7ccccc7c7ccccc76)cc5cc43)nc2c1. The van der Waals surface area contributed by atoms with Crippen LogP contribution in [0.25, 0.3) is 110 Å². The van der Waals surface area contributed by atoms with Crippen molar-refractivity contribution < 1.29 is 4.42 Å². The summed E-state index contributed by atoms with van der Waals surface area (Å²) in [6.07, 6.45) is 0. The topological polar surface area (TPSA) is 48.8 Å². The Morgan fingerprint density at radius 2 is 1.00 bits per heavy atom. The van der Waals surface area contributed by atoms with E-state index in [2.05, 4.69) is 161 Å². The monoisotopic (exact) mass is 676 g/mol. The minimum Gasteiger partial charge on any atom is -0.456 e. The van der Waals surface area contributed by atoms with Gasteiger partial charge in [0.1, 0.15) is 11.2 Å². The average molecular weight is 677 g/mol. The van der Waals surface area contributed by atoms with Gasteiger partial charge in [0, 0.05) is 49.0 Å². The number of benzene rings is 8. The number of para-hydroxylation sites is 5. The number of rotatable bonds is 3. The molecule has 5 nitrogen and oxygen atoms in total. The van der Waals surface area contributed by atoms with Crippen LogP contribution in [0.2, 0.25) is 0 Å². The first-order valence-electron chi connectivity index (χ1n) is 17.9. The van der Waals surface area contributed by atoms with Crippen molar-refractivity contribution in [3.05, 3.63) is 170 Å². The van der Waals surface area contributed by atoms with Crippen molar-refractivity contribution in [1.82, 2.24) is 19.1 Å². The molecule has 0 spiro atoms. The summed E-state index contributed by atoms with van der Waals surface area (Å²) in [5, 5.41) is 10.4. The van der Waals surface area contributed by atoms with Crippen LogP contribution in [-0.4, -0.2) is 19.1 Å². The fourth-order valence-electron chi connectivity index (χ4n) is 8.51. The second kappa shape index (κ2) is 10.6. The van der Waals surface area contributed by atoms with Crippen molar-refractivity contribution in [3.8, 4) is 22.9 Å². The Morgan fingerprint density at radius 3 is 1.77 bits per heavy atom. The second-order valence-corrected chi connectivity index (χ2v) is 13.8. The number of nitrogens with zero attached hydrogens (tertiary/aromatic N) is 4. The molecule has 0 bridgehead atoms. The minimum atomic E-state index is 0.632. The number of hydrogen-bond donors (Lipinski definition) is 0. The van der Waals surface area contributed by atoms with E-state index >= 15 is 0 Å². The molecule has 4 aromatic heterocycles. The third kappa shape index (κ3) is 4.07. The summed E-state index contributed by atoms with van der Waals surface area (Å²) in [6.45, 7) is 0. The summed E-state index contributed by atoms with van der Waals surface area (Å²) in [4.78, 5) is 10.6. The molecule has 0 amide bonds. The Hall–Kier alpha value is -7.24. The molecule has 0 saturated heterocycles. The zero-order chi connectivity index (χ0) is 34.6. The van der Waals surface area contributed by atoms with E-state index in [4.69, 9.17) is 14.4 Å². The summed E-state index contributed by atoms with van der Waals surface area (Å²) in [6, 6.07) is 60.2. The Kier molecular flexibility index (Phi) is 5.71. The molecule has 0 unspecified atom stereocenters. The van der Waals surface area contributed by atoms with Crippen molar-refractivity contribution in [2.45, 2.75) is 0 Å². The highest BCUT2D eigenvalue weighted by Crippen LogP contribution is 2.39. The van der Waals surface area contributed by atoms with E-state index in [1.807, 2.05) is 18.2 Å². The highest BCUT2D eigenvalue weighted by atomic mass is 16.3. The van der Waals surface area contributed by atoms with Crippen LogP contribution in [0.5, 0.6) is 0 Å². The molecule has 0 aliphatic rings. The predicted octanol–water partition coefficient (Wildman–Crippen LogP) is 12.5. The first kappa shape index (κ1) is 28.5. The van der Waals surface area contributed by atoms with E-state index in [1.165, 1.54) is 32.6 Å². The fraction of sp³-hybridized carbons (Fsp3) is 0. The molecule has 8 aromatic carbocycles. The van der Waals surface area contributed by atoms with Gasteiger partial charge in [0.15, 0.2) is 0 Å². The van der Waals surface area contributed by atoms with Crippen LogP contribution in [0.15, 0.2) is 174 Å². The Bertz CT molecular complexity index is 3420. The van der Waals surface area contributed by atoms with Gasteiger partial charge in [-0.05, 0) is 77.5 Å². The van der Waals surface area contributed by atoms with Gasteiger partial charge in [-0.3, -0.25) is 4.57 Å². The van der Waals surface area contributed by atoms with Crippen LogP contribution in [0, 0.1) is 0 Å². The molecule has 246 valence electrons. The molecule has 0 atom stereocenters. The van der Waals surface area contributed by atoms with Gasteiger partial charge < -0.3 is 8.98 Å². The lowest BCUT2D eigenvalue weighted by molar-refractivity contribution is 0.669. The summed E-state index contributed by atoms with van der Waals surface area (Å²) in [7, 11) is 0. The summed E-state index contributed by atoms with van der Waals surface area (Å²) < 4.78 is 10.9. The van der Waals surface area contributed by atoms with Gasteiger partial charge in [-0.2, -0.15) is 0 Å². The zero-order valence-corrected chi connectivity index (χ0v) is 28.4. The largest absolute Gasteiger partial charge is 0.456 e. The van der Waals surface area contributed by atoms with E-state index < -0.39 is 0 Å². The molecular formula is C48H28N4O. The Balaban J connectivity index is 1.11. The van der Waals surface area contributed by atoms with E-state index in [1.54, 1.807) is 0 Å². The van der Waals surface area contributed by atoms with Crippen LogP contribution in [0.1, 0.15) is 0 Å². The van der Waals surface area contributed by atoms with E-state index in [-0.39, 0.29) is 0 Å².